The minimum atomic E-state index is -4.55. The Balaban J connectivity index is 1.32. The second kappa shape index (κ2) is 10.1. The van der Waals surface area contributed by atoms with Crippen molar-refractivity contribution >= 4 is 11.6 Å². The van der Waals surface area contributed by atoms with E-state index in [9.17, 15) is 18.0 Å². The fourth-order valence-corrected chi connectivity index (χ4v) is 6.65. The number of aryl methyl sites for hydroxylation is 1. The zero-order valence-electron chi connectivity index (χ0n) is 22.5. The van der Waals surface area contributed by atoms with Crippen LogP contribution >= 0.6 is 0 Å². The summed E-state index contributed by atoms with van der Waals surface area (Å²) in [7, 11) is 1.90. The van der Waals surface area contributed by atoms with Gasteiger partial charge in [-0.05, 0) is 79.7 Å². The van der Waals surface area contributed by atoms with Gasteiger partial charge in [-0.2, -0.15) is 13.2 Å². The zero-order chi connectivity index (χ0) is 28.1. The molecule has 0 spiro atoms. The van der Waals surface area contributed by atoms with Crippen LogP contribution in [-0.4, -0.2) is 38.7 Å². The summed E-state index contributed by atoms with van der Waals surface area (Å²) in [5.74, 6) is 3.43. The Kier molecular flexibility index (Phi) is 6.70. The highest BCUT2D eigenvalue weighted by molar-refractivity contribution is 6.10. The van der Waals surface area contributed by atoms with Gasteiger partial charge in [0.1, 0.15) is 12.2 Å². The molecule has 0 N–H and O–H groups in total. The predicted molar refractivity (Wildman–Crippen MR) is 145 cm³/mol. The number of likely N-dealkylation sites (tertiary alicyclic amines) is 1. The van der Waals surface area contributed by atoms with Crippen molar-refractivity contribution < 1.29 is 18.0 Å². The molecule has 1 saturated heterocycles. The Morgan fingerprint density at radius 1 is 1.12 bits per heavy atom. The van der Waals surface area contributed by atoms with Crippen LogP contribution in [0.5, 0.6) is 0 Å². The zero-order valence-corrected chi connectivity index (χ0v) is 22.5. The molecule has 0 atom stereocenters. The van der Waals surface area contributed by atoms with Crippen LogP contribution in [0.3, 0.4) is 0 Å². The van der Waals surface area contributed by atoms with Crippen LogP contribution in [0.15, 0.2) is 42.7 Å². The number of carbonyl (C=O) groups excluding carboxylic acids is 1. The number of benzene rings is 2. The maximum atomic E-state index is 14.2. The molecule has 3 heterocycles. The molecule has 1 amide bonds. The number of anilines is 1. The molecule has 0 unspecified atom stereocenters. The summed E-state index contributed by atoms with van der Waals surface area (Å²) < 4.78 is 44.6. The van der Waals surface area contributed by atoms with Gasteiger partial charge in [0, 0.05) is 42.6 Å². The van der Waals surface area contributed by atoms with Gasteiger partial charge in [-0.1, -0.05) is 18.6 Å². The highest BCUT2D eigenvalue weighted by atomic mass is 19.4. The third-order valence-electron chi connectivity index (χ3n) is 8.84. The molecular weight excluding hydrogens is 515 g/mol. The maximum Gasteiger partial charge on any atom is 0.416 e. The molecule has 6 nitrogen and oxygen atoms in total. The number of hydrogen-bond donors (Lipinski definition) is 0. The molecule has 1 aromatic heterocycles. The largest absolute Gasteiger partial charge is 0.416 e. The SMILES string of the molecule is C#CC1CC(Cc2nncn2C)(c2cccc(N3Cc4c(cc(CN5CCCCC5)cc4C(F)(F)F)C3=O)c2)C1. The third kappa shape index (κ3) is 4.79. The molecule has 0 radical (unpaired) electrons. The van der Waals surface area contributed by atoms with Crippen molar-refractivity contribution in [3.63, 3.8) is 0 Å². The topological polar surface area (TPSA) is 54.3 Å². The summed E-state index contributed by atoms with van der Waals surface area (Å²) in [4.78, 5) is 17.3. The Hall–Kier alpha value is -3.64. The van der Waals surface area contributed by atoms with Crippen molar-refractivity contribution in [2.75, 3.05) is 18.0 Å². The van der Waals surface area contributed by atoms with Gasteiger partial charge in [0.05, 0.1) is 12.1 Å². The lowest BCUT2D eigenvalue weighted by atomic mass is 9.57. The van der Waals surface area contributed by atoms with Gasteiger partial charge in [-0.25, -0.2) is 0 Å². The van der Waals surface area contributed by atoms with E-state index in [1.807, 2.05) is 29.8 Å². The first kappa shape index (κ1) is 26.6. The van der Waals surface area contributed by atoms with Crippen LogP contribution in [-0.2, 0) is 38.1 Å². The third-order valence-corrected chi connectivity index (χ3v) is 8.84. The van der Waals surface area contributed by atoms with Gasteiger partial charge in [-0.15, -0.1) is 22.5 Å². The van der Waals surface area contributed by atoms with Crippen LogP contribution in [0.25, 0.3) is 0 Å². The average molecular weight is 548 g/mol. The number of fused-ring (bicyclic) bond motifs is 1. The van der Waals surface area contributed by atoms with Gasteiger partial charge in [0.2, 0.25) is 0 Å². The van der Waals surface area contributed by atoms with Gasteiger partial charge >= 0.3 is 6.18 Å². The number of nitrogens with zero attached hydrogens (tertiary/aromatic N) is 5. The number of piperidine rings is 1. The van der Waals surface area contributed by atoms with E-state index in [0.717, 1.165) is 56.6 Å². The molecular formula is C31H32F3N5O. The van der Waals surface area contributed by atoms with Gasteiger partial charge in [0.25, 0.3) is 5.91 Å². The highest BCUT2D eigenvalue weighted by Crippen LogP contribution is 2.50. The van der Waals surface area contributed by atoms with Gasteiger partial charge < -0.3 is 9.47 Å². The van der Waals surface area contributed by atoms with Crippen molar-refractivity contribution in [1.82, 2.24) is 19.7 Å². The second-order valence-corrected chi connectivity index (χ2v) is 11.5. The molecule has 1 aliphatic carbocycles. The molecule has 2 aromatic carbocycles. The van der Waals surface area contributed by atoms with Crippen molar-refractivity contribution in [2.45, 2.75) is 63.2 Å². The van der Waals surface area contributed by atoms with E-state index in [2.05, 4.69) is 21.0 Å². The van der Waals surface area contributed by atoms with Gasteiger partial charge in [-0.3, -0.25) is 9.69 Å². The molecule has 208 valence electrons. The van der Waals surface area contributed by atoms with Crippen molar-refractivity contribution in [1.29, 1.82) is 0 Å². The van der Waals surface area contributed by atoms with Crippen LogP contribution in [0.1, 0.15) is 70.5 Å². The normalized spacial score (nSPS) is 23.1. The Bertz CT molecular complexity index is 1470. The van der Waals surface area contributed by atoms with E-state index < -0.39 is 17.6 Å². The molecule has 3 aliphatic rings. The quantitative estimate of drug-likeness (QED) is 0.383. The van der Waals surface area contributed by atoms with E-state index in [-0.39, 0.29) is 29.0 Å². The minimum absolute atomic E-state index is 0.0511. The molecule has 40 heavy (non-hydrogen) atoms. The highest BCUT2D eigenvalue weighted by Gasteiger charge is 2.46. The molecule has 0 bridgehead atoms. The average Bonchev–Trinajstić information content (AvgIpc) is 3.47. The fourth-order valence-electron chi connectivity index (χ4n) is 6.65. The summed E-state index contributed by atoms with van der Waals surface area (Å²) in [6.45, 7) is 2.03. The van der Waals surface area contributed by atoms with Crippen LogP contribution in [0.4, 0.5) is 18.9 Å². The molecule has 3 aromatic rings. The molecule has 6 rings (SSSR count). The van der Waals surface area contributed by atoms with E-state index in [4.69, 9.17) is 6.42 Å². The van der Waals surface area contributed by atoms with Crippen LogP contribution < -0.4 is 4.90 Å². The lowest BCUT2D eigenvalue weighted by molar-refractivity contribution is -0.138. The number of alkyl halides is 3. The van der Waals surface area contributed by atoms with Crippen LogP contribution in [0, 0.1) is 18.3 Å². The second-order valence-electron chi connectivity index (χ2n) is 11.5. The summed E-state index contributed by atoms with van der Waals surface area (Å²) in [5, 5.41) is 8.27. The lowest BCUT2D eigenvalue weighted by Gasteiger charge is -2.46. The van der Waals surface area contributed by atoms with E-state index in [1.54, 1.807) is 18.5 Å². The Morgan fingerprint density at radius 2 is 1.90 bits per heavy atom. The van der Waals surface area contributed by atoms with Gasteiger partial charge in [0.15, 0.2) is 0 Å². The first-order valence-corrected chi connectivity index (χ1v) is 13.8. The molecule has 2 aliphatic heterocycles. The van der Waals surface area contributed by atoms with E-state index >= 15 is 0 Å². The number of carbonyl (C=O) groups is 1. The number of halogens is 3. The first-order valence-electron chi connectivity index (χ1n) is 13.8. The fraction of sp³-hybridized carbons (Fsp3) is 0.452. The summed E-state index contributed by atoms with van der Waals surface area (Å²) in [6.07, 6.45) is 8.24. The number of amides is 1. The summed E-state index contributed by atoms with van der Waals surface area (Å²) in [5.41, 5.74) is 1.35. The number of terminal acetylenes is 1. The maximum absolute atomic E-state index is 14.2. The minimum Gasteiger partial charge on any atom is -0.321 e. The number of rotatable bonds is 6. The van der Waals surface area contributed by atoms with Crippen molar-refractivity contribution in [3.8, 4) is 12.3 Å². The molecule has 1 saturated carbocycles. The molecule has 9 heteroatoms. The monoisotopic (exact) mass is 547 g/mol. The predicted octanol–water partition coefficient (Wildman–Crippen LogP) is 5.50. The van der Waals surface area contributed by atoms with E-state index in [1.165, 1.54) is 11.0 Å². The Morgan fingerprint density at radius 3 is 2.58 bits per heavy atom. The standard InChI is InChI=1S/C31H32F3N5O/c1-3-21-15-30(16-21,17-28-36-35-20-37(28)2)23-8-7-9-24(14-23)39-19-26-25(29(39)40)12-22(13-27(26)31(32,33)34)18-38-10-5-4-6-11-38/h1,7-9,12-14,20-21H,4-6,10-11,15-19H2,2H3. The Labute approximate surface area is 232 Å². The van der Waals surface area contributed by atoms with E-state index in [0.29, 0.717) is 24.2 Å². The smallest absolute Gasteiger partial charge is 0.321 e. The van der Waals surface area contributed by atoms with Crippen molar-refractivity contribution in [3.05, 3.63) is 76.4 Å². The summed E-state index contributed by atoms with van der Waals surface area (Å²) in [6, 6.07) is 10.5. The number of aromatic nitrogens is 3. The molecule has 2 fully saturated rings. The number of hydrogen-bond acceptors (Lipinski definition) is 4. The first-order chi connectivity index (χ1) is 19.2. The van der Waals surface area contributed by atoms with Crippen molar-refractivity contribution in [2.24, 2.45) is 13.0 Å². The van der Waals surface area contributed by atoms with Crippen LogP contribution in [0.2, 0.25) is 0 Å². The summed E-state index contributed by atoms with van der Waals surface area (Å²) >= 11 is 0. The lowest BCUT2D eigenvalue weighted by Crippen LogP contribution is -2.43.